The highest BCUT2D eigenvalue weighted by Gasteiger charge is 2.12. The zero-order valence-electron chi connectivity index (χ0n) is 10.9. The fourth-order valence-corrected chi connectivity index (χ4v) is 1.84. The number of hydrogen-bond acceptors (Lipinski definition) is 3. The van der Waals surface area contributed by atoms with Gasteiger partial charge in [-0.05, 0) is 32.0 Å². The summed E-state index contributed by atoms with van der Waals surface area (Å²) in [6.07, 6.45) is 2.51. The topological polar surface area (TPSA) is 62.2 Å². The summed E-state index contributed by atoms with van der Waals surface area (Å²) in [5.41, 5.74) is 2.91. The van der Waals surface area contributed by atoms with Crippen LogP contribution in [-0.2, 0) is 0 Å². The maximum Gasteiger partial charge on any atom is 0.255 e. The van der Waals surface area contributed by atoms with E-state index < -0.39 is 6.10 Å². The molecule has 0 saturated carbocycles. The summed E-state index contributed by atoms with van der Waals surface area (Å²) in [6.45, 7) is 3.62. The molecule has 2 N–H and O–H groups in total. The first-order chi connectivity index (χ1) is 9.08. The monoisotopic (exact) mass is 256 g/mol. The average molecular weight is 256 g/mol. The van der Waals surface area contributed by atoms with E-state index in [9.17, 15) is 9.90 Å². The summed E-state index contributed by atoms with van der Waals surface area (Å²) < 4.78 is 0. The van der Waals surface area contributed by atoms with Gasteiger partial charge in [-0.25, -0.2) is 0 Å². The van der Waals surface area contributed by atoms with E-state index in [1.807, 2.05) is 19.1 Å². The molecule has 98 valence electrons. The van der Waals surface area contributed by atoms with Gasteiger partial charge in [-0.2, -0.15) is 0 Å². The van der Waals surface area contributed by atoms with Crippen molar-refractivity contribution in [3.63, 3.8) is 0 Å². The fourth-order valence-electron chi connectivity index (χ4n) is 1.84. The maximum atomic E-state index is 12.1. The number of amides is 1. The third-order valence-corrected chi connectivity index (χ3v) is 2.85. The molecule has 0 radical (unpaired) electrons. The number of nitrogens with one attached hydrogen (secondary N) is 1. The minimum atomic E-state index is -0.632. The van der Waals surface area contributed by atoms with E-state index in [4.69, 9.17) is 0 Å². The number of hydrogen-bond donors (Lipinski definition) is 2. The molecule has 4 nitrogen and oxygen atoms in total. The first-order valence-electron chi connectivity index (χ1n) is 6.08. The summed E-state index contributed by atoms with van der Waals surface area (Å²) in [7, 11) is 0. The van der Waals surface area contributed by atoms with Crippen molar-refractivity contribution in [1.29, 1.82) is 0 Å². The van der Waals surface area contributed by atoms with Crippen LogP contribution in [0.5, 0.6) is 0 Å². The predicted molar refractivity (Wildman–Crippen MR) is 74.0 cm³/mol. The van der Waals surface area contributed by atoms with Gasteiger partial charge in [-0.15, -0.1) is 0 Å². The van der Waals surface area contributed by atoms with Crippen LogP contribution >= 0.6 is 0 Å². The van der Waals surface area contributed by atoms with Crippen molar-refractivity contribution in [2.24, 2.45) is 0 Å². The molecular formula is C15H16N2O2. The third kappa shape index (κ3) is 3.17. The van der Waals surface area contributed by atoms with Crippen molar-refractivity contribution in [3.05, 3.63) is 59.4 Å². The standard InChI is InChI=1S/C15H16N2O2/c1-10-3-4-14(13(9-10)11(2)18)17-15(19)12-5-7-16-8-6-12/h3-9,11,18H,1-2H3,(H,17,19). The van der Waals surface area contributed by atoms with Gasteiger partial charge in [0.25, 0.3) is 5.91 Å². The van der Waals surface area contributed by atoms with Crippen LogP contribution < -0.4 is 5.32 Å². The number of aryl methyl sites for hydroxylation is 1. The van der Waals surface area contributed by atoms with Crippen LogP contribution in [0.25, 0.3) is 0 Å². The quantitative estimate of drug-likeness (QED) is 0.887. The minimum absolute atomic E-state index is 0.215. The van der Waals surface area contributed by atoms with E-state index in [1.165, 1.54) is 0 Å². The Balaban J connectivity index is 2.27. The lowest BCUT2D eigenvalue weighted by atomic mass is 10.0. The Kier molecular flexibility index (Phi) is 3.92. The first-order valence-corrected chi connectivity index (χ1v) is 6.08. The highest BCUT2D eigenvalue weighted by molar-refractivity contribution is 6.04. The van der Waals surface area contributed by atoms with Crippen molar-refractivity contribution < 1.29 is 9.90 Å². The number of benzene rings is 1. The van der Waals surface area contributed by atoms with Crippen LogP contribution in [0.2, 0.25) is 0 Å². The molecule has 2 aromatic rings. The van der Waals surface area contributed by atoms with Crippen LogP contribution in [-0.4, -0.2) is 16.0 Å². The lowest BCUT2D eigenvalue weighted by molar-refractivity contribution is 0.102. The van der Waals surface area contributed by atoms with E-state index >= 15 is 0 Å². The lowest BCUT2D eigenvalue weighted by Gasteiger charge is -2.14. The second kappa shape index (κ2) is 5.63. The Morgan fingerprint density at radius 1 is 1.26 bits per heavy atom. The summed E-state index contributed by atoms with van der Waals surface area (Å²) in [5.74, 6) is -0.215. The number of rotatable bonds is 3. The lowest BCUT2D eigenvalue weighted by Crippen LogP contribution is -2.14. The number of nitrogens with zero attached hydrogens (tertiary/aromatic N) is 1. The van der Waals surface area contributed by atoms with Crippen LogP contribution in [0.3, 0.4) is 0 Å². The van der Waals surface area contributed by atoms with Crippen LogP contribution in [0.4, 0.5) is 5.69 Å². The molecule has 0 aliphatic heterocycles. The molecule has 1 unspecified atom stereocenters. The number of aliphatic hydroxyl groups is 1. The number of carbonyl (C=O) groups is 1. The maximum absolute atomic E-state index is 12.1. The molecule has 1 aromatic heterocycles. The van der Waals surface area contributed by atoms with Crippen molar-refractivity contribution in [2.75, 3.05) is 5.32 Å². The van der Waals surface area contributed by atoms with Gasteiger partial charge >= 0.3 is 0 Å². The van der Waals surface area contributed by atoms with E-state index in [0.29, 0.717) is 16.8 Å². The molecule has 0 aliphatic rings. The number of aromatic nitrogens is 1. The van der Waals surface area contributed by atoms with Gasteiger partial charge in [-0.3, -0.25) is 9.78 Å². The average Bonchev–Trinajstić information content (AvgIpc) is 2.41. The second-order valence-corrected chi connectivity index (χ2v) is 4.46. The molecular weight excluding hydrogens is 240 g/mol. The molecule has 0 saturated heterocycles. The molecule has 0 aliphatic carbocycles. The normalized spacial score (nSPS) is 11.9. The molecule has 1 amide bonds. The Morgan fingerprint density at radius 2 is 1.95 bits per heavy atom. The number of carbonyl (C=O) groups excluding carboxylic acids is 1. The highest BCUT2D eigenvalue weighted by atomic mass is 16.3. The van der Waals surface area contributed by atoms with Crippen molar-refractivity contribution in [2.45, 2.75) is 20.0 Å². The van der Waals surface area contributed by atoms with Crippen LogP contribution in [0.15, 0.2) is 42.7 Å². The Bertz CT molecular complexity index is 580. The summed E-state index contributed by atoms with van der Waals surface area (Å²) in [4.78, 5) is 15.9. The molecule has 4 heteroatoms. The molecule has 0 fully saturated rings. The summed E-state index contributed by atoms with van der Waals surface area (Å²) in [6, 6.07) is 8.86. The highest BCUT2D eigenvalue weighted by Crippen LogP contribution is 2.24. The molecule has 19 heavy (non-hydrogen) atoms. The summed E-state index contributed by atoms with van der Waals surface area (Å²) in [5, 5.41) is 12.6. The van der Waals surface area contributed by atoms with Crippen molar-refractivity contribution in [1.82, 2.24) is 4.98 Å². The molecule has 1 heterocycles. The van der Waals surface area contributed by atoms with Crippen LogP contribution in [0.1, 0.15) is 34.5 Å². The largest absolute Gasteiger partial charge is 0.389 e. The van der Waals surface area contributed by atoms with Crippen molar-refractivity contribution in [3.8, 4) is 0 Å². The Morgan fingerprint density at radius 3 is 2.58 bits per heavy atom. The van der Waals surface area contributed by atoms with E-state index in [0.717, 1.165) is 5.56 Å². The Labute approximate surface area is 112 Å². The van der Waals surface area contributed by atoms with Gasteiger partial charge in [0.05, 0.1) is 6.10 Å². The van der Waals surface area contributed by atoms with Crippen molar-refractivity contribution >= 4 is 11.6 Å². The molecule has 0 bridgehead atoms. The first kappa shape index (κ1) is 13.2. The SMILES string of the molecule is Cc1ccc(NC(=O)c2ccncc2)c(C(C)O)c1. The van der Waals surface area contributed by atoms with Gasteiger partial charge in [0, 0.05) is 29.2 Å². The van der Waals surface area contributed by atoms with E-state index in [2.05, 4.69) is 10.3 Å². The number of anilines is 1. The number of aliphatic hydroxyl groups excluding tert-OH is 1. The zero-order valence-corrected chi connectivity index (χ0v) is 10.9. The second-order valence-electron chi connectivity index (χ2n) is 4.46. The number of pyridine rings is 1. The molecule has 1 atom stereocenters. The van der Waals surface area contributed by atoms with E-state index in [-0.39, 0.29) is 5.91 Å². The zero-order chi connectivity index (χ0) is 13.8. The van der Waals surface area contributed by atoms with E-state index in [1.54, 1.807) is 37.5 Å². The Hall–Kier alpha value is -2.20. The van der Waals surface area contributed by atoms with Gasteiger partial charge in [0.1, 0.15) is 0 Å². The van der Waals surface area contributed by atoms with Gasteiger partial charge < -0.3 is 10.4 Å². The molecule has 1 aromatic carbocycles. The predicted octanol–water partition coefficient (Wildman–Crippen LogP) is 2.70. The van der Waals surface area contributed by atoms with Crippen LogP contribution in [0, 0.1) is 6.92 Å². The van der Waals surface area contributed by atoms with Gasteiger partial charge in [0.15, 0.2) is 0 Å². The van der Waals surface area contributed by atoms with Gasteiger partial charge in [-0.1, -0.05) is 17.7 Å². The van der Waals surface area contributed by atoms with Gasteiger partial charge in [0.2, 0.25) is 0 Å². The third-order valence-electron chi connectivity index (χ3n) is 2.85. The molecule has 0 spiro atoms. The fraction of sp³-hybridized carbons (Fsp3) is 0.200. The summed E-state index contributed by atoms with van der Waals surface area (Å²) >= 11 is 0. The minimum Gasteiger partial charge on any atom is -0.389 e. The molecule has 2 rings (SSSR count). The smallest absolute Gasteiger partial charge is 0.255 e.